The summed E-state index contributed by atoms with van der Waals surface area (Å²) in [5.41, 5.74) is 0.499. The largest absolute Gasteiger partial charge is 0.314 e. The number of likely N-dealkylation sites (N-methyl/N-ethyl adjacent to an activating group) is 1. The summed E-state index contributed by atoms with van der Waals surface area (Å²) in [5.74, 6) is 0.0185. The number of hydrogen-bond donors (Lipinski definition) is 1. The number of benzene rings is 1. The minimum absolute atomic E-state index is 0.254. The molecule has 0 saturated heterocycles. The highest BCUT2D eigenvalue weighted by atomic mass is 19.2. The van der Waals surface area contributed by atoms with Crippen LogP contribution >= 0.6 is 0 Å². The van der Waals surface area contributed by atoms with Gasteiger partial charge in [0.05, 0.1) is 0 Å². The predicted molar refractivity (Wildman–Crippen MR) is 83.3 cm³/mol. The van der Waals surface area contributed by atoms with Crippen LogP contribution in [-0.2, 0) is 6.42 Å². The third-order valence-corrected chi connectivity index (χ3v) is 4.98. The molecular formula is C18H27F2N. The second-order valence-electron chi connectivity index (χ2n) is 6.27. The maximum Gasteiger partial charge on any atom is 0.162 e. The molecule has 1 N–H and O–H groups in total. The summed E-state index contributed by atoms with van der Waals surface area (Å²) < 4.78 is 27.2. The molecule has 1 unspecified atom stereocenters. The van der Waals surface area contributed by atoms with Gasteiger partial charge < -0.3 is 5.32 Å². The number of hydrogen-bond acceptors (Lipinski definition) is 1. The van der Waals surface area contributed by atoms with Crippen LogP contribution in [0, 0.1) is 23.5 Å². The lowest BCUT2D eigenvalue weighted by molar-refractivity contribution is 0.217. The molecule has 0 spiro atoms. The van der Waals surface area contributed by atoms with Crippen LogP contribution in [0.2, 0.25) is 0 Å². The molecule has 1 aliphatic rings. The summed E-state index contributed by atoms with van der Waals surface area (Å²) >= 11 is 0. The monoisotopic (exact) mass is 295 g/mol. The van der Waals surface area contributed by atoms with Crippen LogP contribution in [0.5, 0.6) is 0 Å². The lowest BCUT2D eigenvalue weighted by atomic mass is 9.76. The van der Waals surface area contributed by atoms with Gasteiger partial charge in [0.25, 0.3) is 0 Å². The second-order valence-corrected chi connectivity index (χ2v) is 6.27. The molecule has 1 aromatic carbocycles. The van der Waals surface area contributed by atoms with Crippen LogP contribution in [-0.4, -0.2) is 12.6 Å². The molecule has 1 saturated carbocycles. The Morgan fingerprint density at radius 1 is 1.14 bits per heavy atom. The van der Waals surface area contributed by atoms with E-state index in [1.165, 1.54) is 38.2 Å². The number of rotatable bonds is 6. The highest BCUT2D eigenvalue weighted by molar-refractivity contribution is 5.20. The van der Waals surface area contributed by atoms with Gasteiger partial charge in [-0.15, -0.1) is 0 Å². The molecule has 1 aromatic rings. The first-order valence-corrected chi connectivity index (χ1v) is 8.31. The SMILES string of the molecule is CCNC(Cc1cccc(F)c1F)C1CCC(CC)CC1. The first kappa shape index (κ1) is 16.4. The Kier molecular flexibility index (Phi) is 6.16. The van der Waals surface area contributed by atoms with E-state index in [-0.39, 0.29) is 6.04 Å². The Morgan fingerprint density at radius 2 is 1.86 bits per heavy atom. The Labute approximate surface area is 127 Å². The van der Waals surface area contributed by atoms with Crippen molar-refractivity contribution in [1.82, 2.24) is 5.32 Å². The molecule has 21 heavy (non-hydrogen) atoms. The molecule has 1 atom stereocenters. The fourth-order valence-electron chi connectivity index (χ4n) is 3.61. The van der Waals surface area contributed by atoms with Gasteiger partial charge >= 0.3 is 0 Å². The molecule has 0 aliphatic heterocycles. The van der Waals surface area contributed by atoms with Gasteiger partial charge in [-0.1, -0.05) is 45.2 Å². The third-order valence-electron chi connectivity index (χ3n) is 4.98. The zero-order valence-electron chi connectivity index (χ0n) is 13.2. The van der Waals surface area contributed by atoms with Crippen molar-refractivity contribution < 1.29 is 8.78 Å². The Balaban J connectivity index is 2.04. The van der Waals surface area contributed by atoms with Gasteiger partial charge in [-0.3, -0.25) is 0 Å². The number of nitrogens with one attached hydrogen (secondary N) is 1. The van der Waals surface area contributed by atoms with Crippen LogP contribution in [0.15, 0.2) is 18.2 Å². The second kappa shape index (κ2) is 7.88. The van der Waals surface area contributed by atoms with Gasteiger partial charge in [-0.25, -0.2) is 8.78 Å². The van der Waals surface area contributed by atoms with Crippen LogP contribution < -0.4 is 5.32 Å². The average molecular weight is 295 g/mol. The van der Waals surface area contributed by atoms with E-state index in [1.54, 1.807) is 12.1 Å². The quantitative estimate of drug-likeness (QED) is 0.802. The van der Waals surface area contributed by atoms with E-state index in [0.29, 0.717) is 17.9 Å². The van der Waals surface area contributed by atoms with Crippen molar-refractivity contribution >= 4 is 0 Å². The Bertz CT molecular complexity index is 439. The van der Waals surface area contributed by atoms with Gasteiger partial charge in [0.1, 0.15) is 0 Å². The molecule has 0 radical (unpaired) electrons. The lowest BCUT2D eigenvalue weighted by Gasteiger charge is -2.34. The molecule has 0 amide bonds. The van der Waals surface area contributed by atoms with Crippen LogP contribution in [0.4, 0.5) is 8.78 Å². The van der Waals surface area contributed by atoms with Crippen molar-refractivity contribution in [3.8, 4) is 0 Å². The van der Waals surface area contributed by atoms with Crippen molar-refractivity contribution in [3.63, 3.8) is 0 Å². The van der Waals surface area contributed by atoms with Crippen molar-refractivity contribution in [2.24, 2.45) is 11.8 Å². The van der Waals surface area contributed by atoms with E-state index < -0.39 is 11.6 Å². The van der Waals surface area contributed by atoms with Gasteiger partial charge in [-0.05, 0) is 49.3 Å². The molecular weight excluding hydrogens is 268 g/mol. The zero-order valence-corrected chi connectivity index (χ0v) is 13.2. The van der Waals surface area contributed by atoms with E-state index in [2.05, 4.69) is 19.2 Å². The van der Waals surface area contributed by atoms with Crippen molar-refractivity contribution in [1.29, 1.82) is 0 Å². The summed E-state index contributed by atoms with van der Waals surface area (Å²) in [4.78, 5) is 0. The van der Waals surface area contributed by atoms with Crippen LogP contribution in [0.25, 0.3) is 0 Å². The lowest BCUT2D eigenvalue weighted by Crippen LogP contribution is -2.40. The van der Waals surface area contributed by atoms with E-state index in [0.717, 1.165) is 12.5 Å². The van der Waals surface area contributed by atoms with Crippen molar-refractivity contribution in [2.75, 3.05) is 6.54 Å². The summed E-state index contributed by atoms with van der Waals surface area (Å²) in [6, 6.07) is 4.75. The molecule has 1 fully saturated rings. The Morgan fingerprint density at radius 3 is 2.48 bits per heavy atom. The summed E-state index contributed by atoms with van der Waals surface area (Å²) in [5, 5.41) is 3.49. The molecule has 118 valence electrons. The molecule has 1 nitrogen and oxygen atoms in total. The van der Waals surface area contributed by atoms with Gasteiger partial charge in [0.2, 0.25) is 0 Å². The topological polar surface area (TPSA) is 12.0 Å². The molecule has 0 heterocycles. The maximum absolute atomic E-state index is 13.9. The minimum Gasteiger partial charge on any atom is -0.314 e. The maximum atomic E-state index is 13.9. The standard InChI is InChI=1S/C18H27F2N/c1-3-13-8-10-14(11-9-13)17(21-4-2)12-15-6-5-7-16(19)18(15)20/h5-7,13-14,17,21H,3-4,8-12H2,1-2H3. The molecule has 2 rings (SSSR count). The minimum atomic E-state index is -0.738. The highest BCUT2D eigenvalue weighted by Gasteiger charge is 2.27. The molecule has 3 heteroatoms. The summed E-state index contributed by atoms with van der Waals surface area (Å²) in [7, 11) is 0. The van der Waals surface area contributed by atoms with E-state index >= 15 is 0 Å². The summed E-state index contributed by atoms with van der Waals surface area (Å²) in [6.07, 6.45) is 6.79. The van der Waals surface area contributed by atoms with Gasteiger partial charge in [0.15, 0.2) is 11.6 Å². The van der Waals surface area contributed by atoms with Crippen molar-refractivity contribution in [3.05, 3.63) is 35.4 Å². The van der Waals surface area contributed by atoms with E-state index in [9.17, 15) is 8.78 Å². The fraction of sp³-hybridized carbons (Fsp3) is 0.667. The first-order valence-electron chi connectivity index (χ1n) is 8.31. The van der Waals surface area contributed by atoms with Crippen molar-refractivity contribution in [2.45, 2.75) is 58.4 Å². The zero-order chi connectivity index (χ0) is 15.2. The van der Waals surface area contributed by atoms with Gasteiger partial charge in [-0.2, -0.15) is 0 Å². The van der Waals surface area contributed by atoms with Crippen LogP contribution in [0.3, 0.4) is 0 Å². The van der Waals surface area contributed by atoms with E-state index in [4.69, 9.17) is 0 Å². The highest BCUT2D eigenvalue weighted by Crippen LogP contribution is 2.33. The molecule has 0 bridgehead atoms. The predicted octanol–water partition coefficient (Wildman–Crippen LogP) is 4.70. The van der Waals surface area contributed by atoms with Crippen LogP contribution in [0.1, 0.15) is 51.5 Å². The Hall–Kier alpha value is -0.960. The third kappa shape index (κ3) is 4.26. The smallest absolute Gasteiger partial charge is 0.162 e. The molecule has 0 aromatic heterocycles. The molecule has 1 aliphatic carbocycles. The van der Waals surface area contributed by atoms with Gasteiger partial charge in [0, 0.05) is 6.04 Å². The average Bonchev–Trinajstić information content (AvgIpc) is 2.51. The first-order chi connectivity index (χ1) is 10.2. The van der Waals surface area contributed by atoms with E-state index in [1.807, 2.05) is 0 Å². The number of halogens is 2. The normalized spacial score (nSPS) is 24.0. The summed E-state index contributed by atoms with van der Waals surface area (Å²) in [6.45, 7) is 5.21. The fourth-order valence-corrected chi connectivity index (χ4v) is 3.61.